The highest BCUT2D eigenvalue weighted by atomic mass is 28.4. The van der Waals surface area contributed by atoms with Crippen LogP contribution in [0.25, 0.3) is 10.9 Å². The molecular formula is C42H49N3O7Si. The zero-order chi connectivity index (χ0) is 38.4. The third-order valence-corrected chi connectivity index (χ3v) is 13.6. The summed E-state index contributed by atoms with van der Waals surface area (Å²) in [4.78, 5) is 48.3. The number of nitrogens with zero attached hydrogens (tertiary/aromatic N) is 2. The van der Waals surface area contributed by atoms with E-state index in [1.807, 2.05) is 69.3 Å². The lowest BCUT2D eigenvalue weighted by atomic mass is 10.0. The maximum Gasteiger partial charge on any atom is 0.410 e. The van der Waals surface area contributed by atoms with Crippen LogP contribution in [0.4, 0.5) is 4.79 Å². The molecule has 3 aromatic carbocycles. The van der Waals surface area contributed by atoms with Gasteiger partial charge in [-0.15, -0.1) is 0 Å². The number of carbonyl (C=O) groups excluding carboxylic acids is 2. The summed E-state index contributed by atoms with van der Waals surface area (Å²) >= 11 is 0. The van der Waals surface area contributed by atoms with Crippen molar-refractivity contribution in [2.75, 3.05) is 6.54 Å². The number of hydrogen-bond acceptors (Lipinski definition) is 8. The van der Waals surface area contributed by atoms with Gasteiger partial charge in [-0.1, -0.05) is 81.4 Å². The van der Waals surface area contributed by atoms with Gasteiger partial charge < -0.3 is 28.5 Å². The van der Waals surface area contributed by atoms with Crippen molar-refractivity contribution in [3.63, 3.8) is 0 Å². The first-order valence-electron chi connectivity index (χ1n) is 17.7. The number of carbonyl (C=O) groups is 2. The molecule has 0 aliphatic heterocycles. The Morgan fingerprint density at radius 3 is 2.13 bits per heavy atom. The van der Waals surface area contributed by atoms with Gasteiger partial charge >= 0.3 is 12.1 Å². The normalized spacial score (nSPS) is 12.6. The van der Waals surface area contributed by atoms with E-state index in [2.05, 4.69) is 43.8 Å². The predicted octanol–water partition coefficient (Wildman–Crippen LogP) is 9.22. The molecule has 10 nitrogen and oxygen atoms in total. The molecule has 0 saturated heterocycles. The molecule has 0 aliphatic carbocycles. The van der Waals surface area contributed by atoms with Crippen molar-refractivity contribution in [2.24, 2.45) is 0 Å². The number of hydrogen-bond donors (Lipinski definition) is 1. The first-order valence-corrected chi connectivity index (χ1v) is 20.6. The fourth-order valence-corrected chi connectivity index (χ4v) is 6.62. The summed E-state index contributed by atoms with van der Waals surface area (Å²) in [5.41, 5.74) is 2.11. The van der Waals surface area contributed by atoms with Crippen LogP contribution in [0.3, 0.4) is 0 Å². The summed E-state index contributed by atoms with van der Waals surface area (Å²) < 4.78 is 24.7. The van der Waals surface area contributed by atoms with Crippen LogP contribution >= 0.6 is 0 Å². The summed E-state index contributed by atoms with van der Waals surface area (Å²) in [5.74, 6) is 0.354. The number of aromatic nitrogens is 2. The number of amides is 1. The lowest BCUT2D eigenvalue weighted by Crippen LogP contribution is -2.45. The van der Waals surface area contributed by atoms with Gasteiger partial charge in [0.15, 0.2) is 8.32 Å². The molecule has 0 unspecified atom stereocenters. The number of esters is 1. The van der Waals surface area contributed by atoms with E-state index in [1.165, 1.54) is 6.07 Å². The molecule has 1 N–H and O–H groups in total. The van der Waals surface area contributed by atoms with E-state index in [4.69, 9.17) is 18.6 Å². The third-order valence-electron chi connectivity index (χ3n) is 9.12. The minimum atomic E-state index is -2.46. The van der Waals surface area contributed by atoms with Crippen molar-refractivity contribution < 1.29 is 28.2 Å². The maximum absolute atomic E-state index is 14.0. The average molecular weight is 736 g/mol. The highest BCUT2D eigenvalue weighted by Crippen LogP contribution is 2.42. The molecule has 11 heteroatoms. The Labute approximate surface area is 312 Å². The number of pyridine rings is 2. The zero-order valence-electron chi connectivity index (χ0n) is 31.8. The Hall–Kier alpha value is -5.26. The molecule has 0 spiro atoms. The first-order chi connectivity index (χ1) is 25.0. The van der Waals surface area contributed by atoms with Gasteiger partial charge in [-0.2, -0.15) is 0 Å². The van der Waals surface area contributed by atoms with Crippen molar-refractivity contribution in [2.45, 2.75) is 84.5 Å². The molecule has 2 heterocycles. The fraction of sp³-hybridized carbons (Fsp3) is 0.333. The second kappa shape index (κ2) is 16.2. The van der Waals surface area contributed by atoms with Gasteiger partial charge in [-0.05, 0) is 85.9 Å². The summed E-state index contributed by atoms with van der Waals surface area (Å²) in [5, 5.41) is 0.588. The number of para-hydroxylation sites is 1. The Morgan fingerprint density at radius 1 is 0.830 bits per heavy atom. The van der Waals surface area contributed by atoms with E-state index in [1.54, 1.807) is 53.6 Å². The minimum absolute atomic E-state index is 0.123. The second-order valence-corrected chi connectivity index (χ2v) is 20.3. The quantitative estimate of drug-likeness (QED) is 0.0765. The van der Waals surface area contributed by atoms with Gasteiger partial charge in [0.2, 0.25) is 5.56 Å². The molecule has 0 aliphatic rings. The van der Waals surface area contributed by atoms with Gasteiger partial charge in [0.25, 0.3) is 0 Å². The lowest BCUT2D eigenvalue weighted by molar-refractivity contribution is 0.0137. The Kier molecular flexibility index (Phi) is 11.9. The number of aromatic amines is 1. The fourth-order valence-electron chi connectivity index (χ4n) is 5.35. The van der Waals surface area contributed by atoms with E-state index in [0.29, 0.717) is 29.2 Å². The van der Waals surface area contributed by atoms with E-state index in [0.717, 1.165) is 16.5 Å². The molecule has 5 rings (SSSR count). The van der Waals surface area contributed by atoms with Crippen molar-refractivity contribution in [1.82, 2.24) is 14.9 Å². The van der Waals surface area contributed by atoms with E-state index in [-0.39, 0.29) is 29.4 Å². The molecule has 5 aromatic rings. The smallest absolute Gasteiger partial charge is 0.410 e. The minimum Gasteiger partial charge on any atom is -0.487 e. The van der Waals surface area contributed by atoms with Crippen molar-refractivity contribution in [3.05, 3.63) is 136 Å². The van der Waals surface area contributed by atoms with Crippen LogP contribution in [-0.4, -0.2) is 47.4 Å². The van der Waals surface area contributed by atoms with Gasteiger partial charge in [-0.3, -0.25) is 4.79 Å². The number of fused-ring (bicyclic) bond motifs is 1. The molecule has 0 fully saturated rings. The first kappa shape index (κ1) is 39.0. The van der Waals surface area contributed by atoms with Crippen LogP contribution in [-0.2, 0) is 22.3 Å². The van der Waals surface area contributed by atoms with Crippen LogP contribution in [0, 0.1) is 0 Å². The zero-order valence-corrected chi connectivity index (χ0v) is 32.8. The SMILES string of the molecule is CC(C)(C)OC(=O)N(Cc1ccc(C(=O)Oc2ccccc2)nc1)C[C@H](O[Si](C)(C)C(C)(C)C)c1ccc(OCc2ccccc2)c2[nH]c(=O)ccc12. The Balaban J connectivity index is 1.51. The summed E-state index contributed by atoms with van der Waals surface area (Å²) in [7, 11) is -2.46. The third kappa shape index (κ3) is 10.4. The molecule has 1 atom stereocenters. The number of nitrogens with one attached hydrogen (secondary N) is 1. The Bertz CT molecular complexity index is 2070. The molecule has 0 radical (unpaired) electrons. The molecule has 2 aromatic heterocycles. The monoisotopic (exact) mass is 735 g/mol. The number of rotatable bonds is 12. The predicted molar refractivity (Wildman–Crippen MR) is 209 cm³/mol. The average Bonchev–Trinajstić information content (AvgIpc) is 3.09. The Morgan fingerprint density at radius 2 is 1.51 bits per heavy atom. The molecular weight excluding hydrogens is 687 g/mol. The van der Waals surface area contributed by atoms with E-state index < -0.39 is 32.1 Å². The van der Waals surface area contributed by atoms with Crippen molar-refractivity contribution in [1.29, 1.82) is 0 Å². The largest absolute Gasteiger partial charge is 0.487 e. The van der Waals surface area contributed by atoms with Crippen LogP contribution < -0.4 is 15.0 Å². The van der Waals surface area contributed by atoms with Gasteiger partial charge in [0, 0.05) is 17.6 Å². The highest BCUT2D eigenvalue weighted by Gasteiger charge is 2.41. The van der Waals surface area contributed by atoms with Crippen molar-refractivity contribution >= 4 is 31.3 Å². The summed E-state index contributed by atoms with van der Waals surface area (Å²) in [6, 6.07) is 29.0. The van der Waals surface area contributed by atoms with Gasteiger partial charge in [0.05, 0.1) is 24.7 Å². The van der Waals surface area contributed by atoms with Crippen LogP contribution in [0.15, 0.2) is 108 Å². The summed E-state index contributed by atoms with van der Waals surface area (Å²) in [6.45, 7) is 16.8. The van der Waals surface area contributed by atoms with E-state index in [9.17, 15) is 14.4 Å². The van der Waals surface area contributed by atoms with Crippen LogP contribution in [0.2, 0.25) is 18.1 Å². The highest BCUT2D eigenvalue weighted by molar-refractivity contribution is 6.74. The summed E-state index contributed by atoms with van der Waals surface area (Å²) in [6.07, 6.45) is 0.407. The van der Waals surface area contributed by atoms with Crippen LogP contribution in [0.5, 0.6) is 11.5 Å². The lowest BCUT2D eigenvalue weighted by Gasteiger charge is -2.41. The van der Waals surface area contributed by atoms with E-state index >= 15 is 0 Å². The number of H-pyrrole nitrogens is 1. The number of ether oxygens (including phenoxy) is 3. The second-order valence-electron chi connectivity index (χ2n) is 15.5. The topological polar surface area (TPSA) is 120 Å². The molecule has 0 bridgehead atoms. The molecule has 278 valence electrons. The van der Waals surface area contributed by atoms with Crippen LogP contribution in [0.1, 0.15) is 74.8 Å². The molecule has 0 saturated carbocycles. The van der Waals surface area contributed by atoms with Gasteiger partial charge in [-0.25, -0.2) is 14.6 Å². The standard InChI is InChI=1S/C42H49N3O7Si/c1-41(2,3)51-40(48)45(26-30-19-22-34(43-25-30)39(47)50-31-17-13-10-14-18-31)27-36(52-53(7,8)42(4,5)6)32-20-23-35(38-33(32)21-24-37(46)44-38)49-28-29-15-11-9-12-16-29/h9-25,36H,26-28H2,1-8H3,(H,44,46)/t36-/m0/s1. The number of benzene rings is 3. The van der Waals surface area contributed by atoms with Crippen molar-refractivity contribution in [3.8, 4) is 11.5 Å². The molecule has 53 heavy (non-hydrogen) atoms. The maximum atomic E-state index is 14.0. The van der Waals surface area contributed by atoms with Gasteiger partial charge in [0.1, 0.15) is 29.4 Å². The molecule has 1 amide bonds.